The number of aryl methyl sites for hydroxylation is 3. The van der Waals surface area contributed by atoms with E-state index in [2.05, 4.69) is 6.58 Å². The number of halogens is 3. The Bertz CT molecular complexity index is 759. The van der Waals surface area contributed by atoms with Crippen LogP contribution in [0.25, 0.3) is 11.0 Å². The van der Waals surface area contributed by atoms with Gasteiger partial charge in [-0.1, -0.05) is 18.2 Å². The molecule has 1 aromatic carbocycles. The molecule has 3 nitrogen and oxygen atoms in total. The van der Waals surface area contributed by atoms with Gasteiger partial charge in [0, 0.05) is 17.5 Å². The van der Waals surface area contributed by atoms with Gasteiger partial charge in [-0.2, -0.15) is 13.2 Å². The van der Waals surface area contributed by atoms with E-state index in [1.54, 1.807) is 6.92 Å². The van der Waals surface area contributed by atoms with E-state index in [1.165, 1.54) is 6.08 Å². The number of fused-ring (bicyclic) bond motifs is 1. The van der Waals surface area contributed by atoms with Gasteiger partial charge in [0.25, 0.3) is 5.91 Å². The molecule has 0 saturated heterocycles. The molecule has 0 aliphatic heterocycles. The van der Waals surface area contributed by atoms with E-state index in [0.717, 1.165) is 16.5 Å². The lowest BCUT2D eigenvalue weighted by Gasteiger charge is -2.21. The van der Waals surface area contributed by atoms with Gasteiger partial charge in [0.1, 0.15) is 12.1 Å². The van der Waals surface area contributed by atoms with Crippen LogP contribution in [0.5, 0.6) is 0 Å². The maximum atomic E-state index is 12.7. The number of nitrogens with zero attached hydrogens (tertiary/aromatic N) is 1. The van der Waals surface area contributed by atoms with E-state index < -0.39 is 18.6 Å². The van der Waals surface area contributed by atoms with Crippen molar-refractivity contribution in [2.24, 2.45) is 0 Å². The summed E-state index contributed by atoms with van der Waals surface area (Å²) in [7, 11) is 0. The number of furan rings is 1. The van der Waals surface area contributed by atoms with Crippen LogP contribution in [0.2, 0.25) is 0 Å². The van der Waals surface area contributed by atoms with Crippen molar-refractivity contribution in [3.05, 3.63) is 47.2 Å². The highest BCUT2D eigenvalue weighted by molar-refractivity contribution is 6.00. The van der Waals surface area contributed by atoms with Crippen LogP contribution < -0.4 is 0 Å². The molecule has 0 radical (unpaired) electrons. The molecule has 1 heterocycles. The third kappa shape index (κ3) is 3.41. The van der Waals surface area contributed by atoms with Gasteiger partial charge in [0.15, 0.2) is 5.76 Å². The van der Waals surface area contributed by atoms with Crippen LogP contribution in [0.3, 0.4) is 0 Å². The largest absolute Gasteiger partial charge is 0.450 e. The van der Waals surface area contributed by atoms with Crippen molar-refractivity contribution in [2.45, 2.75) is 26.9 Å². The summed E-state index contributed by atoms with van der Waals surface area (Å²) in [6, 6.07) is 3.75. The molecule has 6 heteroatoms. The van der Waals surface area contributed by atoms with Gasteiger partial charge in [-0.15, -0.1) is 6.58 Å². The molecule has 2 rings (SSSR count). The molecule has 0 N–H and O–H groups in total. The molecule has 0 aliphatic carbocycles. The molecule has 124 valence electrons. The summed E-state index contributed by atoms with van der Waals surface area (Å²) in [6.45, 7) is 7.25. The molecule has 23 heavy (non-hydrogen) atoms. The fourth-order valence-corrected chi connectivity index (χ4v) is 2.61. The van der Waals surface area contributed by atoms with Crippen LogP contribution in [-0.2, 0) is 0 Å². The molecular formula is C17H18F3NO2. The zero-order chi connectivity index (χ0) is 17.4. The predicted octanol–water partition coefficient (Wildman–Crippen LogP) is 4.55. The third-order valence-electron chi connectivity index (χ3n) is 3.68. The molecule has 1 amide bonds. The highest BCUT2D eigenvalue weighted by atomic mass is 19.4. The molecule has 2 aromatic rings. The standard InChI is InChI=1S/C17H18F3NO2/c1-5-8-21(9-17(18,19)20)16(22)15-12(4)13-10(2)6-7-11(3)14(13)23-15/h5-7H,1,8-9H2,2-4H3. The minimum atomic E-state index is -4.48. The lowest BCUT2D eigenvalue weighted by Crippen LogP contribution is -2.39. The van der Waals surface area contributed by atoms with E-state index in [-0.39, 0.29) is 12.3 Å². The van der Waals surface area contributed by atoms with E-state index in [1.807, 2.05) is 26.0 Å². The summed E-state index contributed by atoms with van der Waals surface area (Å²) in [5, 5.41) is 0.777. The monoisotopic (exact) mass is 325 g/mol. The summed E-state index contributed by atoms with van der Waals surface area (Å²) < 4.78 is 43.7. The molecular weight excluding hydrogens is 307 g/mol. The van der Waals surface area contributed by atoms with Crippen molar-refractivity contribution >= 4 is 16.9 Å². The van der Waals surface area contributed by atoms with Crippen molar-refractivity contribution in [2.75, 3.05) is 13.1 Å². The number of rotatable bonds is 4. The molecule has 0 bridgehead atoms. The Morgan fingerprint density at radius 2 is 1.87 bits per heavy atom. The SMILES string of the molecule is C=CCN(CC(F)(F)F)C(=O)c1oc2c(C)ccc(C)c2c1C. The third-order valence-corrected chi connectivity index (χ3v) is 3.68. The quantitative estimate of drug-likeness (QED) is 0.773. The van der Waals surface area contributed by atoms with Crippen molar-refractivity contribution in [3.63, 3.8) is 0 Å². The van der Waals surface area contributed by atoms with Crippen LogP contribution in [-0.4, -0.2) is 30.1 Å². The highest BCUT2D eigenvalue weighted by Gasteiger charge is 2.34. The van der Waals surface area contributed by atoms with Gasteiger partial charge in [-0.25, -0.2) is 0 Å². The summed E-state index contributed by atoms with van der Waals surface area (Å²) in [6.07, 6.45) is -3.22. The molecule has 0 spiro atoms. The second-order valence-electron chi connectivity index (χ2n) is 5.55. The second kappa shape index (κ2) is 6.10. The second-order valence-corrected chi connectivity index (χ2v) is 5.55. The lowest BCUT2D eigenvalue weighted by atomic mass is 10.0. The maximum Gasteiger partial charge on any atom is 0.406 e. The zero-order valence-electron chi connectivity index (χ0n) is 13.3. The summed E-state index contributed by atoms with van der Waals surface area (Å²) in [5.74, 6) is -0.835. The van der Waals surface area contributed by atoms with E-state index in [0.29, 0.717) is 16.0 Å². The van der Waals surface area contributed by atoms with E-state index >= 15 is 0 Å². The molecule has 0 unspecified atom stereocenters. The van der Waals surface area contributed by atoms with Crippen LogP contribution in [0.15, 0.2) is 29.2 Å². The number of benzene rings is 1. The molecule has 1 aromatic heterocycles. The Hall–Kier alpha value is -2.24. The Morgan fingerprint density at radius 3 is 2.39 bits per heavy atom. The van der Waals surface area contributed by atoms with Gasteiger partial charge < -0.3 is 9.32 Å². The number of hydrogen-bond donors (Lipinski definition) is 0. The van der Waals surface area contributed by atoms with Crippen LogP contribution in [0.1, 0.15) is 27.2 Å². The average molecular weight is 325 g/mol. The van der Waals surface area contributed by atoms with Gasteiger partial charge >= 0.3 is 6.18 Å². The fourth-order valence-electron chi connectivity index (χ4n) is 2.61. The number of carbonyl (C=O) groups excluding carboxylic acids is 1. The first-order valence-electron chi connectivity index (χ1n) is 7.12. The van der Waals surface area contributed by atoms with E-state index in [4.69, 9.17) is 4.42 Å². The first kappa shape index (κ1) is 17.1. The lowest BCUT2D eigenvalue weighted by molar-refractivity contribution is -0.139. The Labute approximate surface area is 132 Å². The molecule has 0 aliphatic rings. The Balaban J connectivity index is 2.51. The summed E-state index contributed by atoms with van der Waals surface area (Å²) in [4.78, 5) is 13.2. The number of hydrogen-bond acceptors (Lipinski definition) is 2. The summed E-state index contributed by atoms with van der Waals surface area (Å²) in [5.41, 5.74) is 2.84. The molecule has 0 fully saturated rings. The normalized spacial score (nSPS) is 11.7. The van der Waals surface area contributed by atoms with Crippen molar-refractivity contribution in [3.8, 4) is 0 Å². The predicted molar refractivity (Wildman–Crippen MR) is 82.6 cm³/mol. The highest BCUT2D eigenvalue weighted by Crippen LogP contribution is 2.31. The Morgan fingerprint density at radius 1 is 1.26 bits per heavy atom. The zero-order valence-corrected chi connectivity index (χ0v) is 13.3. The minimum Gasteiger partial charge on any atom is -0.450 e. The van der Waals surface area contributed by atoms with Gasteiger partial charge in [-0.05, 0) is 31.9 Å². The smallest absolute Gasteiger partial charge is 0.406 e. The fraction of sp³-hybridized carbons (Fsp3) is 0.353. The van der Waals surface area contributed by atoms with Crippen molar-refractivity contribution in [1.82, 2.24) is 4.90 Å². The minimum absolute atomic E-state index is 0.0523. The van der Waals surface area contributed by atoms with Gasteiger partial charge in [-0.3, -0.25) is 4.79 Å². The summed E-state index contributed by atoms with van der Waals surface area (Å²) >= 11 is 0. The van der Waals surface area contributed by atoms with Crippen LogP contribution in [0.4, 0.5) is 13.2 Å². The van der Waals surface area contributed by atoms with Gasteiger partial charge in [0.05, 0.1) is 0 Å². The van der Waals surface area contributed by atoms with Crippen molar-refractivity contribution in [1.29, 1.82) is 0 Å². The van der Waals surface area contributed by atoms with Crippen LogP contribution in [0, 0.1) is 20.8 Å². The Kier molecular flexibility index (Phi) is 4.54. The van der Waals surface area contributed by atoms with E-state index in [9.17, 15) is 18.0 Å². The molecule has 0 atom stereocenters. The first-order valence-corrected chi connectivity index (χ1v) is 7.12. The topological polar surface area (TPSA) is 33.5 Å². The molecule has 0 saturated carbocycles. The number of amides is 1. The maximum absolute atomic E-state index is 12.7. The first-order chi connectivity index (χ1) is 10.7. The van der Waals surface area contributed by atoms with Crippen LogP contribution >= 0.6 is 0 Å². The van der Waals surface area contributed by atoms with Crippen molar-refractivity contribution < 1.29 is 22.4 Å². The number of alkyl halides is 3. The van der Waals surface area contributed by atoms with Gasteiger partial charge in [0.2, 0.25) is 0 Å². The number of carbonyl (C=O) groups is 1. The average Bonchev–Trinajstić information content (AvgIpc) is 2.79.